The van der Waals surface area contributed by atoms with Crippen LogP contribution in [0.25, 0.3) is 0 Å². The summed E-state index contributed by atoms with van der Waals surface area (Å²) in [4.78, 5) is 0. The molecule has 0 aliphatic heterocycles. The van der Waals surface area contributed by atoms with E-state index in [0.717, 1.165) is 0 Å². The molecule has 0 saturated heterocycles. The van der Waals surface area contributed by atoms with Gasteiger partial charge in [0.1, 0.15) is 0 Å². The summed E-state index contributed by atoms with van der Waals surface area (Å²) in [5, 5.41) is 0. The van der Waals surface area contributed by atoms with Gasteiger partial charge in [0.15, 0.2) is 0 Å². The van der Waals surface area contributed by atoms with Crippen molar-refractivity contribution in [3.05, 3.63) is 0 Å². The fourth-order valence-corrected chi connectivity index (χ4v) is 0. The molecule has 0 amide bonds. The van der Waals surface area contributed by atoms with Crippen molar-refractivity contribution in [2.24, 2.45) is 0 Å². The van der Waals surface area contributed by atoms with E-state index in [1.54, 1.807) is 0 Å². The zero-order valence-corrected chi connectivity index (χ0v) is 6.66. The summed E-state index contributed by atoms with van der Waals surface area (Å²) < 4.78 is 0. The molecule has 6 heteroatoms. The Morgan fingerprint density at radius 2 is 0.500 bits per heavy atom. The fourth-order valence-electron chi connectivity index (χ4n) is 0. The molecule has 0 fully saturated rings. The Bertz CT molecular complexity index is 7.51. The van der Waals surface area contributed by atoms with Gasteiger partial charge < -0.3 is 21.9 Å². The van der Waals surface area contributed by atoms with Crippen molar-refractivity contribution in [3.63, 3.8) is 0 Å². The molecule has 4 nitrogen and oxygen atoms in total. The fraction of sp³-hybridized carbons (Fsp3) is 0. The van der Waals surface area contributed by atoms with E-state index in [0.29, 0.717) is 0 Å². The van der Waals surface area contributed by atoms with Gasteiger partial charge in [-0.15, -0.1) is 0 Å². The Kier molecular flexibility index (Phi) is 2950. The van der Waals surface area contributed by atoms with Gasteiger partial charge in [0.05, 0.1) is 0 Å². The molecule has 6 heavy (non-hydrogen) atoms. The molecule has 0 atom stereocenters. The molecule has 4 N–H and O–H groups in total. The predicted molar refractivity (Wildman–Crippen MR) is 13.5 cm³/mol. The van der Waals surface area contributed by atoms with Crippen LogP contribution in [0.2, 0.25) is 0 Å². The third-order valence-electron chi connectivity index (χ3n) is 0. The molecule has 0 aromatic rings. The molecule has 0 aliphatic carbocycles. The van der Waals surface area contributed by atoms with E-state index in [9.17, 15) is 0 Å². The molecule has 0 radical (unpaired) electrons. The summed E-state index contributed by atoms with van der Waals surface area (Å²) in [6.07, 6.45) is 0. The summed E-state index contributed by atoms with van der Waals surface area (Å²) in [7, 11) is 0. The minimum atomic E-state index is 0. The molecular formula is H4InLiO4. The van der Waals surface area contributed by atoms with Crippen molar-refractivity contribution in [3.8, 4) is 0 Å². The molecule has 0 aromatic carbocycles. The van der Waals surface area contributed by atoms with Crippen molar-refractivity contribution < 1.29 is 40.8 Å². The summed E-state index contributed by atoms with van der Waals surface area (Å²) in [5.74, 6) is 0. The van der Waals surface area contributed by atoms with Crippen LogP contribution < -0.4 is 18.9 Å². The van der Waals surface area contributed by atoms with Crippen LogP contribution in [0.4, 0.5) is 0 Å². The molecule has 0 unspecified atom stereocenters. The summed E-state index contributed by atoms with van der Waals surface area (Å²) in [6.45, 7) is 0. The van der Waals surface area contributed by atoms with Gasteiger partial charge in [-0.3, -0.25) is 0 Å². The van der Waals surface area contributed by atoms with Gasteiger partial charge in [0, 0.05) is 0 Å². The Morgan fingerprint density at radius 3 is 0.500 bits per heavy atom. The number of hydrogen-bond acceptors (Lipinski definition) is 4. The maximum atomic E-state index is 0. The first kappa shape index (κ1) is 170. The molecule has 0 saturated carbocycles. The number of hydrogen-bond donors (Lipinski definition) is 0. The van der Waals surface area contributed by atoms with Crippen LogP contribution in [-0.2, 0) is 0 Å². The number of rotatable bonds is 0. The van der Waals surface area contributed by atoms with E-state index in [-0.39, 0.29) is 66.6 Å². The second kappa shape index (κ2) is 104. The minimum absolute atomic E-state index is 0. The van der Waals surface area contributed by atoms with Crippen LogP contribution in [-0.4, -0.2) is 47.7 Å². The van der Waals surface area contributed by atoms with Crippen LogP contribution in [0.15, 0.2) is 0 Å². The topological polar surface area (TPSA) is 120 Å². The van der Waals surface area contributed by atoms with Gasteiger partial charge in [-0.1, -0.05) is 0 Å². The summed E-state index contributed by atoms with van der Waals surface area (Å²) >= 11 is 0. The van der Waals surface area contributed by atoms with Crippen molar-refractivity contribution in [2.75, 3.05) is 0 Å². The zero-order chi connectivity index (χ0) is 0. The maximum absolute atomic E-state index is 0. The Balaban J connectivity index is 0. The maximum Gasteiger partial charge on any atom is 3.00 e. The van der Waals surface area contributed by atoms with E-state index in [4.69, 9.17) is 0 Å². The third kappa shape index (κ3) is 57.6. The van der Waals surface area contributed by atoms with Crippen molar-refractivity contribution in [1.82, 2.24) is 0 Å². The molecule has 0 bridgehead atoms. The second-order valence-electron chi connectivity index (χ2n) is 0. The van der Waals surface area contributed by atoms with E-state index >= 15 is 0 Å². The van der Waals surface area contributed by atoms with Crippen molar-refractivity contribution in [2.45, 2.75) is 0 Å². The standard InChI is InChI=1S/In.Li.4H2O/h;;4*1H2/q+3;+1;;;;/p-4. The van der Waals surface area contributed by atoms with Crippen LogP contribution in [0.1, 0.15) is 0 Å². The molecule has 0 spiro atoms. The van der Waals surface area contributed by atoms with Crippen LogP contribution >= 0.6 is 0 Å². The smallest absolute Gasteiger partial charge is 0.870 e. The minimum Gasteiger partial charge on any atom is -0.870 e. The molecule has 0 heterocycles. The van der Waals surface area contributed by atoms with E-state index in [1.807, 2.05) is 0 Å². The van der Waals surface area contributed by atoms with Gasteiger partial charge in [-0.05, 0) is 0 Å². The summed E-state index contributed by atoms with van der Waals surface area (Å²) in [6, 6.07) is 0. The molecule has 0 aromatic heterocycles. The first-order valence-corrected chi connectivity index (χ1v) is 0. The predicted octanol–water partition coefficient (Wildman–Crippen LogP) is -4.08. The van der Waals surface area contributed by atoms with E-state index < -0.39 is 0 Å². The van der Waals surface area contributed by atoms with Gasteiger partial charge in [-0.2, -0.15) is 0 Å². The Morgan fingerprint density at radius 1 is 0.500 bits per heavy atom. The van der Waals surface area contributed by atoms with Gasteiger partial charge in [-0.25, -0.2) is 0 Å². The zero-order valence-electron chi connectivity index (χ0n) is 3.37. The van der Waals surface area contributed by atoms with Crippen LogP contribution in [0.3, 0.4) is 0 Å². The normalized spacial score (nSPS) is 0. The van der Waals surface area contributed by atoms with Gasteiger partial charge in [0.2, 0.25) is 0 Å². The Labute approximate surface area is 66.5 Å². The molecule has 0 rings (SSSR count). The van der Waals surface area contributed by atoms with Crippen LogP contribution in [0, 0.1) is 0 Å². The second-order valence-corrected chi connectivity index (χ2v) is 0. The molecule has 0 aliphatic rings. The average molecular weight is 190 g/mol. The quantitative estimate of drug-likeness (QED) is 0.360. The average Bonchev–Trinajstić information content (AvgIpc) is 0. The summed E-state index contributed by atoms with van der Waals surface area (Å²) in [5.41, 5.74) is 0. The van der Waals surface area contributed by atoms with E-state index in [2.05, 4.69) is 0 Å². The Hall–Kier alpha value is 1.31. The van der Waals surface area contributed by atoms with Crippen LogP contribution in [0.5, 0.6) is 0 Å². The van der Waals surface area contributed by atoms with Gasteiger partial charge in [0.25, 0.3) is 0 Å². The van der Waals surface area contributed by atoms with Crippen molar-refractivity contribution in [1.29, 1.82) is 0 Å². The van der Waals surface area contributed by atoms with Crippen molar-refractivity contribution >= 4 is 25.8 Å². The monoisotopic (exact) mass is 190 g/mol. The first-order valence-electron chi connectivity index (χ1n) is 0. The molecule has 32 valence electrons. The van der Waals surface area contributed by atoms with Gasteiger partial charge >= 0.3 is 44.7 Å². The van der Waals surface area contributed by atoms with E-state index in [1.165, 1.54) is 0 Å². The largest absolute Gasteiger partial charge is 3.00 e. The first-order chi connectivity index (χ1) is 0. The third-order valence-corrected chi connectivity index (χ3v) is 0. The SMILES string of the molecule is [In+3].[Li+].[OH-].[OH-].[OH-].[OH-]. The molecular weight excluding hydrogens is 186 g/mol.